The van der Waals surface area contributed by atoms with Crippen LogP contribution in [0, 0.1) is 0 Å². The van der Waals surface area contributed by atoms with Crippen molar-refractivity contribution in [2.24, 2.45) is 0 Å². The number of nitrogens with zero attached hydrogens (tertiary/aromatic N) is 3. The third-order valence-electron chi connectivity index (χ3n) is 3.31. The van der Waals surface area contributed by atoms with Gasteiger partial charge in [0.05, 0.1) is 23.5 Å². The Morgan fingerprint density at radius 1 is 1.50 bits per heavy atom. The molecule has 0 unspecified atom stereocenters. The minimum Gasteiger partial charge on any atom is -0.383 e. The Morgan fingerprint density at radius 2 is 2.17 bits per heavy atom. The summed E-state index contributed by atoms with van der Waals surface area (Å²) in [5, 5.41) is 15.5. The van der Waals surface area contributed by atoms with E-state index in [0.717, 1.165) is 18.8 Å². The van der Waals surface area contributed by atoms with E-state index < -0.39 is 5.60 Å². The molecule has 1 aliphatic heterocycles. The highest BCUT2D eigenvalue weighted by Gasteiger charge is 2.37. The molecule has 1 aromatic rings. The van der Waals surface area contributed by atoms with Crippen molar-refractivity contribution in [2.45, 2.75) is 25.0 Å². The lowest BCUT2D eigenvalue weighted by Gasteiger charge is -2.33. The van der Waals surface area contributed by atoms with E-state index in [-0.39, 0.29) is 0 Å². The fourth-order valence-electron chi connectivity index (χ4n) is 2.24. The largest absolute Gasteiger partial charge is 0.383 e. The van der Waals surface area contributed by atoms with Gasteiger partial charge in [-0.3, -0.25) is 4.68 Å². The molecule has 6 heteroatoms. The molecule has 102 valence electrons. The second-order valence-corrected chi connectivity index (χ2v) is 5.42. The number of aromatic nitrogens is 2. The summed E-state index contributed by atoms with van der Waals surface area (Å²) in [6.45, 7) is 2.70. The first-order valence-corrected chi connectivity index (χ1v) is 6.57. The van der Waals surface area contributed by atoms with Crippen LogP contribution in [0.15, 0.2) is 6.20 Å². The maximum Gasteiger partial charge on any atom is 0.112 e. The summed E-state index contributed by atoms with van der Waals surface area (Å²) in [4.78, 5) is 2.08. The van der Waals surface area contributed by atoms with Gasteiger partial charge in [-0.05, 0) is 14.1 Å². The number of rotatable bonds is 4. The van der Waals surface area contributed by atoms with E-state index in [4.69, 9.17) is 16.3 Å². The zero-order chi connectivity index (χ0) is 13.2. The Bertz CT molecular complexity index is 400. The Kier molecular flexibility index (Phi) is 4.27. The molecule has 5 nitrogen and oxygen atoms in total. The van der Waals surface area contributed by atoms with Crippen molar-refractivity contribution in [1.29, 1.82) is 0 Å². The van der Waals surface area contributed by atoms with E-state index in [1.165, 1.54) is 0 Å². The van der Waals surface area contributed by atoms with Crippen LogP contribution in [0.2, 0.25) is 5.02 Å². The molecule has 2 heterocycles. The third-order valence-corrected chi connectivity index (χ3v) is 3.59. The maximum absolute atomic E-state index is 10.7. The first kappa shape index (κ1) is 13.8. The van der Waals surface area contributed by atoms with Gasteiger partial charge in [0.15, 0.2) is 0 Å². The van der Waals surface area contributed by atoms with Crippen LogP contribution < -0.4 is 0 Å². The highest BCUT2D eigenvalue weighted by atomic mass is 35.5. The molecule has 0 bridgehead atoms. The van der Waals surface area contributed by atoms with Gasteiger partial charge in [0.1, 0.15) is 5.60 Å². The molecule has 0 aliphatic carbocycles. The fourth-order valence-corrected chi connectivity index (χ4v) is 2.55. The molecule has 1 aliphatic rings. The molecule has 0 spiro atoms. The molecule has 1 fully saturated rings. The maximum atomic E-state index is 10.7. The number of hydrogen-bond donors (Lipinski definition) is 1. The van der Waals surface area contributed by atoms with Crippen LogP contribution in [-0.4, -0.2) is 53.6 Å². The van der Waals surface area contributed by atoms with Gasteiger partial charge in [0.2, 0.25) is 0 Å². The predicted octanol–water partition coefficient (Wildman–Crippen LogP) is 1.10. The van der Waals surface area contributed by atoms with E-state index >= 15 is 0 Å². The van der Waals surface area contributed by atoms with Crippen molar-refractivity contribution in [2.75, 3.05) is 33.9 Å². The van der Waals surface area contributed by atoms with Gasteiger partial charge in [-0.1, -0.05) is 11.6 Å². The van der Waals surface area contributed by atoms with E-state index in [9.17, 15) is 5.11 Å². The van der Waals surface area contributed by atoms with E-state index in [0.29, 0.717) is 31.1 Å². The molecule has 18 heavy (non-hydrogen) atoms. The lowest BCUT2D eigenvalue weighted by molar-refractivity contribution is -0.0730. The Hall–Kier alpha value is -0.620. The number of halogens is 1. The highest BCUT2D eigenvalue weighted by Crippen LogP contribution is 2.36. The topological polar surface area (TPSA) is 50.5 Å². The smallest absolute Gasteiger partial charge is 0.112 e. The van der Waals surface area contributed by atoms with Gasteiger partial charge in [-0.15, -0.1) is 0 Å². The Balaban J connectivity index is 2.22. The van der Waals surface area contributed by atoms with Crippen molar-refractivity contribution in [3.05, 3.63) is 16.9 Å². The Morgan fingerprint density at radius 3 is 2.78 bits per heavy atom. The Labute approximate surface area is 112 Å². The summed E-state index contributed by atoms with van der Waals surface area (Å²) in [7, 11) is 4.02. The minimum absolute atomic E-state index is 0.540. The molecule has 2 rings (SSSR count). The summed E-state index contributed by atoms with van der Waals surface area (Å²) in [5.74, 6) is 0. The molecule has 0 atom stereocenters. The first-order chi connectivity index (χ1) is 8.53. The van der Waals surface area contributed by atoms with E-state index in [1.807, 2.05) is 18.8 Å². The molecule has 1 aromatic heterocycles. The molecule has 1 saturated heterocycles. The van der Waals surface area contributed by atoms with Gasteiger partial charge in [-0.25, -0.2) is 0 Å². The van der Waals surface area contributed by atoms with Gasteiger partial charge in [0.25, 0.3) is 0 Å². The van der Waals surface area contributed by atoms with Crippen LogP contribution in [-0.2, 0) is 16.9 Å². The average molecular weight is 274 g/mol. The van der Waals surface area contributed by atoms with Crippen molar-refractivity contribution in [3.63, 3.8) is 0 Å². The number of likely N-dealkylation sites (N-methyl/N-ethyl adjacent to an activating group) is 1. The average Bonchev–Trinajstić information content (AvgIpc) is 2.69. The van der Waals surface area contributed by atoms with Crippen LogP contribution in [0.1, 0.15) is 18.5 Å². The summed E-state index contributed by atoms with van der Waals surface area (Å²) >= 11 is 6.19. The van der Waals surface area contributed by atoms with Crippen LogP contribution in [0.4, 0.5) is 0 Å². The van der Waals surface area contributed by atoms with Crippen LogP contribution in [0.3, 0.4) is 0 Å². The lowest BCUT2D eigenvalue weighted by atomic mass is 9.90. The van der Waals surface area contributed by atoms with E-state index in [1.54, 1.807) is 6.20 Å². The molecule has 1 N–H and O–H groups in total. The third kappa shape index (κ3) is 2.85. The van der Waals surface area contributed by atoms with Gasteiger partial charge < -0.3 is 14.7 Å². The standard InChI is InChI=1S/C12H20ClN3O2/c1-15(2)5-6-16-11(10(13)9-14-16)12(17)3-7-18-8-4-12/h9,17H,3-8H2,1-2H3. The number of aliphatic hydroxyl groups is 1. The zero-order valence-electron chi connectivity index (χ0n) is 10.9. The SMILES string of the molecule is CN(C)CCn1ncc(Cl)c1C1(O)CCOCC1. The number of hydrogen-bond acceptors (Lipinski definition) is 4. The monoisotopic (exact) mass is 273 g/mol. The summed E-state index contributed by atoms with van der Waals surface area (Å²) in [6.07, 6.45) is 2.75. The van der Waals surface area contributed by atoms with Gasteiger partial charge in [-0.2, -0.15) is 5.10 Å². The summed E-state index contributed by atoms with van der Waals surface area (Å²) < 4.78 is 7.11. The van der Waals surface area contributed by atoms with Crippen molar-refractivity contribution in [3.8, 4) is 0 Å². The normalized spacial score (nSPS) is 19.4. The summed E-state index contributed by atoms with van der Waals surface area (Å²) in [5.41, 5.74) is -0.174. The minimum atomic E-state index is -0.905. The lowest BCUT2D eigenvalue weighted by Crippen LogP contribution is -2.36. The van der Waals surface area contributed by atoms with Crippen molar-refractivity contribution >= 4 is 11.6 Å². The quantitative estimate of drug-likeness (QED) is 0.893. The van der Waals surface area contributed by atoms with Gasteiger partial charge >= 0.3 is 0 Å². The highest BCUT2D eigenvalue weighted by molar-refractivity contribution is 6.31. The van der Waals surface area contributed by atoms with Crippen molar-refractivity contribution < 1.29 is 9.84 Å². The molecule has 0 saturated carbocycles. The molecule has 0 aromatic carbocycles. The van der Waals surface area contributed by atoms with Gasteiger partial charge in [0, 0.05) is 32.6 Å². The second-order valence-electron chi connectivity index (χ2n) is 5.01. The molecular formula is C12H20ClN3O2. The van der Waals surface area contributed by atoms with Crippen LogP contribution in [0.25, 0.3) is 0 Å². The second kappa shape index (κ2) is 5.57. The van der Waals surface area contributed by atoms with Crippen LogP contribution >= 0.6 is 11.6 Å². The van der Waals surface area contributed by atoms with Crippen molar-refractivity contribution in [1.82, 2.24) is 14.7 Å². The number of ether oxygens (including phenoxy) is 1. The molecule has 0 amide bonds. The molecular weight excluding hydrogens is 254 g/mol. The first-order valence-electron chi connectivity index (χ1n) is 6.19. The zero-order valence-corrected chi connectivity index (χ0v) is 11.7. The van der Waals surface area contributed by atoms with E-state index in [2.05, 4.69) is 10.00 Å². The van der Waals surface area contributed by atoms with Crippen LogP contribution in [0.5, 0.6) is 0 Å². The predicted molar refractivity (Wildman–Crippen MR) is 69.7 cm³/mol. The molecule has 0 radical (unpaired) electrons. The fraction of sp³-hybridized carbons (Fsp3) is 0.750. The summed E-state index contributed by atoms with van der Waals surface area (Å²) in [6, 6.07) is 0.